The molecule has 0 fully saturated rings. The molecular formula is C52H52B2S4. The molecule has 4 heterocycles. The molecule has 290 valence electrons. The predicted molar refractivity (Wildman–Crippen MR) is 266 cm³/mol. The molecule has 0 unspecified atom stereocenters. The van der Waals surface area contributed by atoms with Gasteiger partial charge in [0.1, 0.15) is 0 Å². The van der Waals surface area contributed by atoms with Gasteiger partial charge in [-0.25, -0.2) is 0 Å². The van der Waals surface area contributed by atoms with E-state index >= 15 is 0 Å². The Balaban J connectivity index is 1.43. The van der Waals surface area contributed by atoms with Gasteiger partial charge in [0.05, 0.1) is 0 Å². The quantitative estimate of drug-likeness (QED) is 0.127. The van der Waals surface area contributed by atoms with Gasteiger partial charge in [-0.05, 0) is 129 Å². The van der Waals surface area contributed by atoms with Crippen LogP contribution < -0.4 is 32.8 Å². The van der Waals surface area contributed by atoms with Gasteiger partial charge in [-0.1, -0.05) is 149 Å². The zero-order valence-electron chi connectivity index (χ0n) is 36.0. The van der Waals surface area contributed by atoms with Crippen LogP contribution in [0.4, 0.5) is 0 Å². The molecule has 0 aliphatic carbocycles. The van der Waals surface area contributed by atoms with Crippen molar-refractivity contribution in [3.63, 3.8) is 0 Å². The van der Waals surface area contributed by atoms with Crippen LogP contribution in [0.25, 0.3) is 29.3 Å². The first-order valence-corrected chi connectivity index (χ1v) is 23.8. The van der Waals surface area contributed by atoms with Crippen LogP contribution in [0, 0.1) is 83.1 Å². The number of aryl methyl sites for hydroxylation is 12. The highest BCUT2D eigenvalue weighted by Crippen LogP contribution is 2.41. The Morgan fingerprint density at radius 1 is 0.328 bits per heavy atom. The summed E-state index contributed by atoms with van der Waals surface area (Å²) >= 11 is 7.68. The molecule has 4 aromatic carbocycles. The summed E-state index contributed by atoms with van der Waals surface area (Å²) < 4.78 is 0. The summed E-state index contributed by atoms with van der Waals surface area (Å²) in [5, 5.41) is 4.47. The smallest absolute Gasteiger partial charge is 0.143 e. The monoisotopic (exact) mass is 826 g/mol. The van der Waals surface area contributed by atoms with E-state index in [0.717, 1.165) is 0 Å². The summed E-state index contributed by atoms with van der Waals surface area (Å²) in [7, 11) is 0. The molecule has 0 N–H and O–H groups in total. The van der Waals surface area contributed by atoms with Crippen LogP contribution in [0.5, 0.6) is 0 Å². The highest BCUT2D eigenvalue weighted by atomic mass is 32.1. The number of hydrogen-bond acceptors (Lipinski definition) is 4. The van der Waals surface area contributed by atoms with Crippen molar-refractivity contribution in [2.24, 2.45) is 0 Å². The molecule has 0 aliphatic heterocycles. The van der Waals surface area contributed by atoms with Crippen molar-refractivity contribution in [1.82, 2.24) is 0 Å². The Morgan fingerprint density at radius 3 is 0.810 bits per heavy atom. The lowest BCUT2D eigenvalue weighted by Crippen LogP contribution is -2.56. The molecule has 0 saturated heterocycles. The van der Waals surface area contributed by atoms with Crippen LogP contribution >= 0.6 is 45.3 Å². The molecule has 0 nitrogen and oxygen atoms in total. The first-order valence-electron chi connectivity index (χ1n) is 20.4. The van der Waals surface area contributed by atoms with E-state index in [9.17, 15) is 0 Å². The lowest BCUT2D eigenvalue weighted by atomic mass is 9.34. The molecule has 0 spiro atoms. The molecule has 0 bridgehead atoms. The zero-order valence-corrected chi connectivity index (χ0v) is 39.3. The van der Waals surface area contributed by atoms with Crippen LogP contribution in [0.2, 0.25) is 0 Å². The van der Waals surface area contributed by atoms with Crippen LogP contribution in [0.3, 0.4) is 0 Å². The second-order valence-electron chi connectivity index (χ2n) is 16.9. The minimum Gasteiger partial charge on any atom is -0.143 e. The summed E-state index contributed by atoms with van der Waals surface area (Å²) in [6.07, 6.45) is 0. The third-order valence-corrected chi connectivity index (χ3v) is 16.6. The predicted octanol–water partition coefficient (Wildman–Crippen LogP) is 11.7. The highest BCUT2D eigenvalue weighted by Gasteiger charge is 2.35. The minimum atomic E-state index is 0.1000. The van der Waals surface area contributed by atoms with Gasteiger partial charge in [0.15, 0.2) is 0 Å². The Hall–Kier alpha value is -4.19. The molecule has 0 amide bonds. The fourth-order valence-corrected chi connectivity index (χ4v) is 14.4. The molecule has 8 rings (SSSR count). The molecule has 0 radical (unpaired) electrons. The highest BCUT2D eigenvalue weighted by molar-refractivity contribution is 7.30. The third kappa shape index (κ3) is 7.47. The Kier molecular flexibility index (Phi) is 11.3. The van der Waals surface area contributed by atoms with Crippen LogP contribution in [-0.2, 0) is 0 Å². The number of rotatable bonds is 9. The van der Waals surface area contributed by atoms with Crippen LogP contribution in [0.1, 0.15) is 66.8 Å². The van der Waals surface area contributed by atoms with Gasteiger partial charge in [-0.15, -0.1) is 45.3 Å². The van der Waals surface area contributed by atoms with Crippen molar-refractivity contribution in [3.05, 3.63) is 162 Å². The van der Waals surface area contributed by atoms with Crippen LogP contribution in [0.15, 0.2) is 95.7 Å². The fraction of sp³-hybridized carbons (Fsp3) is 0.231. The maximum atomic E-state index is 2.58. The molecule has 4 aromatic heterocycles. The lowest BCUT2D eigenvalue weighted by Gasteiger charge is -2.24. The van der Waals surface area contributed by atoms with Crippen molar-refractivity contribution < 1.29 is 0 Å². The van der Waals surface area contributed by atoms with Gasteiger partial charge in [0.2, 0.25) is 13.4 Å². The number of hydrogen-bond donors (Lipinski definition) is 0. The standard InChI is InChI=1S/C52H52B2S4/c1-29-19-33(5)47(34(6)20-29)53(48-35(7)21-30(2)22-36(48)8)41-27-45(57-51(41)43-15-13-17-55-43)46-28-42(52(58-46)44-16-14-18-56-44)54(49-37(9)23-31(3)24-38(49)10)50-39(11)25-32(4)26-40(50)12/h13-28H,1-12H3. The maximum absolute atomic E-state index is 2.58. The topological polar surface area (TPSA) is 0 Å². The van der Waals surface area contributed by atoms with E-state index < -0.39 is 0 Å². The van der Waals surface area contributed by atoms with E-state index in [4.69, 9.17) is 0 Å². The van der Waals surface area contributed by atoms with E-state index in [-0.39, 0.29) is 13.4 Å². The molecule has 0 aliphatic rings. The molecule has 8 aromatic rings. The van der Waals surface area contributed by atoms with Crippen molar-refractivity contribution >= 4 is 91.5 Å². The summed E-state index contributed by atoms with van der Waals surface area (Å²) in [6.45, 7) is 27.7. The van der Waals surface area contributed by atoms with Gasteiger partial charge >= 0.3 is 0 Å². The van der Waals surface area contributed by atoms with Gasteiger partial charge < -0.3 is 0 Å². The lowest BCUT2D eigenvalue weighted by molar-refractivity contribution is 1.34. The summed E-state index contributed by atoms with van der Waals surface area (Å²) in [5.74, 6) is 0. The van der Waals surface area contributed by atoms with E-state index in [1.807, 2.05) is 45.3 Å². The third-order valence-electron chi connectivity index (χ3n) is 12.0. The Morgan fingerprint density at radius 2 is 0.586 bits per heavy atom. The van der Waals surface area contributed by atoms with E-state index in [1.165, 1.54) is 129 Å². The van der Waals surface area contributed by atoms with Gasteiger partial charge in [-0.3, -0.25) is 0 Å². The van der Waals surface area contributed by atoms with E-state index in [2.05, 4.69) is 179 Å². The maximum Gasteiger partial charge on any atom is 0.244 e. The molecule has 6 heteroatoms. The minimum absolute atomic E-state index is 0.1000. The first kappa shape index (κ1) is 40.6. The second kappa shape index (κ2) is 16.1. The normalized spacial score (nSPS) is 11.4. The SMILES string of the molecule is Cc1cc(C)c(B(c2cc(-c3cc(B(c4c(C)cc(C)cc4C)c4c(C)cc(C)cc4C)c(-c4cccs4)s3)sc2-c2cccs2)c2c(C)cc(C)cc2C)c(C)c1. The van der Waals surface area contributed by atoms with Gasteiger partial charge in [-0.2, -0.15) is 0 Å². The Bertz CT molecular complexity index is 2410. The van der Waals surface area contributed by atoms with Crippen LogP contribution in [-0.4, -0.2) is 13.4 Å². The zero-order chi connectivity index (χ0) is 41.2. The van der Waals surface area contributed by atoms with E-state index in [1.54, 1.807) is 0 Å². The summed E-state index contributed by atoms with van der Waals surface area (Å²) in [4.78, 5) is 8.13. The van der Waals surface area contributed by atoms with Crippen molar-refractivity contribution in [3.8, 4) is 29.3 Å². The van der Waals surface area contributed by atoms with Gasteiger partial charge in [0.25, 0.3) is 0 Å². The number of benzene rings is 4. The summed E-state index contributed by atoms with van der Waals surface area (Å²) in [5.41, 5.74) is 24.7. The average molecular weight is 827 g/mol. The summed E-state index contributed by atoms with van der Waals surface area (Å²) in [6, 6.07) is 33.3. The molecule has 0 saturated carbocycles. The number of thiophene rings is 4. The average Bonchev–Trinajstić information content (AvgIpc) is 3.96. The Labute approximate surface area is 363 Å². The molecule has 0 atom stereocenters. The second-order valence-corrected chi connectivity index (χ2v) is 20.9. The molecular weight excluding hydrogens is 774 g/mol. The first-order chi connectivity index (χ1) is 27.7. The van der Waals surface area contributed by atoms with Crippen molar-refractivity contribution in [1.29, 1.82) is 0 Å². The fourth-order valence-electron chi connectivity index (χ4n) is 10.2. The van der Waals surface area contributed by atoms with Crippen molar-refractivity contribution in [2.75, 3.05) is 0 Å². The largest absolute Gasteiger partial charge is 0.244 e. The van der Waals surface area contributed by atoms with E-state index in [0.29, 0.717) is 0 Å². The molecule has 58 heavy (non-hydrogen) atoms. The van der Waals surface area contributed by atoms with Gasteiger partial charge in [0, 0.05) is 29.3 Å². The van der Waals surface area contributed by atoms with Crippen molar-refractivity contribution in [2.45, 2.75) is 83.1 Å².